The molecule has 0 saturated carbocycles. The third-order valence-corrected chi connectivity index (χ3v) is 10.7. The average molecular weight is 780 g/mol. The molecule has 0 aromatic heterocycles. The summed E-state index contributed by atoms with van der Waals surface area (Å²) in [6, 6.07) is -0.721. The topological polar surface area (TPSA) is 102 Å². The third kappa shape index (κ3) is 37.4. The number of carbonyl (C=O) groups is 3. The highest BCUT2D eigenvalue weighted by Gasteiger charge is 2.25. The monoisotopic (exact) mass is 780 g/mol. The van der Waals surface area contributed by atoms with Crippen molar-refractivity contribution < 1.29 is 38.2 Å². The summed E-state index contributed by atoms with van der Waals surface area (Å²) in [5.41, 5.74) is 0. The number of carboxylic acids is 1. The Balaban J connectivity index is 4.25. The van der Waals surface area contributed by atoms with E-state index in [-0.39, 0.29) is 42.7 Å². The molecular formula is C47H89NO7. The maximum Gasteiger partial charge on any atom is 0.306 e. The van der Waals surface area contributed by atoms with Crippen molar-refractivity contribution in [1.29, 1.82) is 0 Å². The number of rotatable bonds is 42. The summed E-state index contributed by atoms with van der Waals surface area (Å²) in [7, 11) is 5.41. The summed E-state index contributed by atoms with van der Waals surface area (Å²) in [6.07, 6.45) is 40.9. The summed E-state index contributed by atoms with van der Waals surface area (Å²) in [6.45, 7) is 4.68. The highest BCUT2D eigenvalue weighted by Crippen LogP contribution is 2.15. The van der Waals surface area contributed by atoms with E-state index < -0.39 is 18.1 Å². The van der Waals surface area contributed by atoms with Crippen molar-refractivity contribution in [2.75, 3.05) is 41.0 Å². The first-order chi connectivity index (χ1) is 26.6. The lowest BCUT2D eigenvalue weighted by molar-refractivity contribution is -0.889. The lowest BCUT2D eigenvalue weighted by Gasteiger charge is -2.34. The maximum absolute atomic E-state index is 12.7. The van der Waals surface area contributed by atoms with Gasteiger partial charge in [0.2, 0.25) is 0 Å². The van der Waals surface area contributed by atoms with Crippen LogP contribution in [0.1, 0.15) is 219 Å². The molecule has 0 fully saturated rings. The van der Waals surface area contributed by atoms with E-state index in [1.54, 1.807) is 21.1 Å². The fraction of sp³-hybridized carbons (Fsp3) is 0.894. The van der Waals surface area contributed by atoms with Gasteiger partial charge in [-0.05, 0) is 38.5 Å². The Bertz CT molecular complexity index is 915. The molecule has 0 aliphatic rings. The van der Waals surface area contributed by atoms with Crippen LogP contribution in [0, 0.1) is 0 Å². The van der Waals surface area contributed by atoms with Crippen LogP contribution in [0.4, 0.5) is 0 Å². The summed E-state index contributed by atoms with van der Waals surface area (Å²) in [5, 5.41) is 11.6. The molecule has 324 valence electrons. The van der Waals surface area contributed by atoms with Gasteiger partial charge in [0.1, 0.15) is 12.6 Å². The van der Waals surface area contributed by atoms with Gasteiger partial charge >= 0.3 is 11.9 Å². The molecule has 0 aromatic carbocycles. The van der Waals surface area contributed by atoms with Gasteiger partial charge in [-0.1, -0.05) is 174 Å². The van der Waals surface area contributed by atoms with E-state index >= 15 is 0 Å². The van der Waals surface area contributed by atoms with Crippen molar-refractivity contribution in [3.8, 4) is 0 Å². The van der Waals surface area contributed by atoms with Crippen LogP contribution in [0.2, 0.25) is 0 Å². The van der Waals surface area contributed by atoms with E-state index in [4.69, 9.17) is 14.2 Å². The predicted octanol–water partition coefficient (Wildman–Crippen LogP) is 11.4. The van der Waals surface area contributed by atoms with Crippen LogP contribution in [0.15, 0.2) is 12.2 Å². The second-order valence-electron chi connectivity index (χ2n) is 17.0. The highest BCUT2D eigenvalue weighted by molar-refractivity contribution is 5.70. The molecule has 0 saturated heterocycles. The Hall–Kier alpha value is -1.93. The third-order valence-electron chi connectivity index (χ3n) is 10.7. The first-order valence-electron chi connectivity index (χ1n) is 23.2. The molecule has 0 radical (unpaired) electrons. The molecule has 8 nitrogen and oxygen atoms in total. The Morgan fingerprint density at radius 1 is 0.527 bits per heavy atom. The van der Waals surface area contributed by atoms with Crippen molar-refractivity contribution in [3.05, 3.63) is 12.2 Å². The normalized spacial score (nSPS) is 13.0. The number of nitrogens with zero attached hydrogens (tertiary/aromatic N) is 1. The molecule has 0 aromatic rings. The van der Waals surface area contributed by atoms with Gasteiger partial charge < -0.3 is 28.6 Å². The number of allylic oxidation sites excluding steroid dienone is 2. The molecule has 0 bridgehead atoms. The molecule has 55 heavy (non-hydrogen) atoms. The summed E-state index contributed by atoms with van der Waals surface area (Å²) < 4.78 is 17.2. The van der Waals surface area contributed by atoms with Crippen LogP contribution >= 0.6 is 0 Å². The Labute approximate surface area is 339 Å². The van der Waals surface area contributed by atoms with E-state index in [9.17, 15) is 19.5 Å². The van der Waals surface area contributed by atoms with Crippen LogP contribution in [0.3, 0.4) is 0 Å². The van der Waals surface area contributed by atoms with Gasteiger partial charge in [-0.25, -0.2) is 0 Å². The molecule has 0 aliphatic heterocycles. The Kier molecular flexibility index (Phi) is 37.6. The molecule has 0 rings (SSSR count). The SMILES string of the molecule is CCCCCCCCCC/C=C/CCCCCCCCCC(=O)OCC(COCCC(C(=O)[O-])[N+](C)(C)C)OC(=O)CCCCCCCCCCCCCC. The zero-order valence-electron chi connectivity index (χ0n) is 36.9. The average Bonchev–Trinajstić information content (AvgIpc) is 3.14. The van der Waals surface area contributed by atoms with Gasteiger partial charge in [0.05, 0.1) is 40.3 Å². The molecule has 2 atom stereocenters. The van der Waals surface area contributed by atoms with Crippen LogP contribution in [-0.2, 0) is 28.6 Å². The standard InChI is InChI=1S/C47H89NO7/c1-6-8-10-12-14-16-18-20-21-22-23-24-25-26-28-29-31-33-35-37-45(49)54-42-43(41-53-40-39-44(47(51)52)48(3,4)5)55-46(50)38-36-34-32-30-27-19-17-15-13-11-9-7-2/h22-23,43-44H,6-21,24-42H2,1-5H3/b23-22+. The lowest BCUT2D eigenvalue weighted by Crippen LogP contribution is -2.55. The van der Waals surface area contributed by atoms with E-state index in [1.807, 2.05) is 0 Å². The summed E-state index contributed by atoms with van der Waals surface area (Å²) >= 11 is 0. The number of hydrogen-bond donors (Lipinski definition) is 0. The van der Waals surface area contributed by atoms with Gasteiger partial charge in [-0.2, -0.15) is 0 Å². The summed E-state index contributed by atoms with van der Waals surface area (Å²) in [4.78, 5) is 36.8. The zero-order valence-corrected chi connectivity index (χ0v) is 36.9. The van der Waals surface area contributed by atoms with Crippen LogP contribution in [0.5, 0.6) is 0 Å². The van der Waals surface area contributed by atoms with Crippen molar-refractivity contribution in [1.82, 2.24) is 0 Å². The van der Waals surface area contributed by atoms with Crippen LogP contribution in [-0.4, -0.2) is 75.5 Å². The zero-order chi connectivity index (χ0) is 40.7. The maximum atomic E-state index is 12.7. The quantitative estimate of drug-likeness (QED) is 0.0263. The number of quaternary nitrogens is 1. The number of likely N-dealkylation sites (N-methyl/N-ethyl adjacent to an activating group) is 1. The fourth-order valence-electron chi connectivity index (χ4n) is 7.01. The molecule has 2 unspecified atom stereocenters. The first kappa shape index (κ1) is 53.1. The van der Waals surface area contributed by atoms with Gasteiger partial charge in [0.25, 0.3) is 0 Å². The van der Waals surface area contributed by atoms with E-state index in [1.165, 1.54) is 148 Å². The minimum absolute atomic E-state index is 0.0451. The lowest BCUT2D eigenvalue weighted by atomic mass is 10.0. The van der Waals surface area contributed by atoms with Gasteiger partial charge in [0, 0.05) is 19.3 Å². The second kappa shape index (κ2) is 38.9. The van der Waals surface area contributed by atoms with E-state index in [0.717, 1.165) is 38.5 Å². The molecule has 0 amide bonds. The number of carbonyl (C=O) groups excluding carboxylic acids is 3. The Morgan fingerprint density at radius 3 is 1.31 bits per heavy atom. The van der Waals surface area contributed by atoms with Crippen molar-refractivity contribution in [3.63, 3.8) is 0 Å². The smallest absolute Gasteiger partial charge is 0.306 e. The van der Waals surface area contributed by atoms with Crippen LogP contribution in [0.25, 0.3) is 0 Å². The molecule has 0 heterocycles. The van der Waals surface area contributed by atoms with Gasteiger partial charge in [-0.15, -0.1) is 0 Å². The van der Waals surface area contributed by atoms with Crippen LogP contribution < -0.4 is 5.11 Å². The predicted molar refractivity (Wildman–Crippen MR) is 227 cm³/mol. The number of esters is 2. The van der Waals surface area contributed by atoms with Gasteiger partial charge in [0.15, 0.2) is 6.10 Å². The Morgan fingerprint density at radius 2 is 0.909 bits per heavy atom. The van der Waals surface area contributed by atoms with E-state index in [0.29, 0.717) is 12.8 Å². The number of aliphatic carboxylic acids is 1. The molecule has 0 aliphatic carbocycles. The number of unbranched alkanes of at least 4 members (excludes halogenated alkanes) is 26. The highest BCUT2D eigenvalue weighted by atomic mass is 16.6. The molecular weight excluding hydrogens is 691 g/mol. The van der Waals surface area contributed by atoms with Crippen molar-refractivity contribution in [2.45, 2.75) is 231 Å². The fourth-order valence-corrected chi connectivity index (χ4v) is 7.01. The summed E-state index contributed by atoms with van der Waals surface area (Å²) in [5.74, 6) is -1.73. The van der Waals surface area contributed by atoms with E-state index in [2.05, 4.69) is 26.0 Å². The minimum atomic E-state index is -1.12. The first-order valence-corrected chi connectivity index (χ1v) is 23.2. The second-order valence-corrected chi connectivity index (χ2v) is 17.0. The van der Waals surface area contributed by atoms with Gasteiger partial charge in [-0.3, -0.25) is 9.59 Å². The number of hydrogen-bond acceptors (Lipinski definition) is 7. The molecule has 0 spiro atoms. The van der Waals surface area contributed by atoms with Crippen molar-refractivity contribution in [2.24, 2.45) is 0 Å². The number of ether oxygens (including phenoxy) is 3. The van der Waals surface area contributed by atoms with Crippen molar-refractivity contribution >= 4 is 17.9 Å². The number of carboxylic acid groups (broad SMARTS) is 1. The molecule has 8 heteroatoms. The minimum Gasteiger partial charge on any atom is -0.544 e. The molecule has 0 N–H and O–H groups in total. The largest absolute Gasteiger partial charge is 0.544 e.